The molecule has 0 fully saturated rings. The lowest BCUT2D eigenvalue weighted by Gasteiger charge is -2.01. The first-order valence-corrected chi connectivity index (χ1v) is 6.45. The van der Waals surface area contributed by atoms with Gasteiger partial charge < -0.3 is 9.15 Å². The SMILES string of the molecule is COc1ccc2c(CCc3ccccc3)coc2c1. The normalized spacial score (nSPS) is 10.8. The van der Waals surface area contributed by atoms with Crippen LogP contribution in [0.1, 0.15) is 11.1 Å². The van der Waals surface area contributed by atoms with Gasteiger partial charge in [0.25, 0.3) is 0 Å². The van der Waals surface area contributed by atoms with E-state index in [9.17, 15) is 0 Å². The standard InChI is InChI=1S/C17H16O2/c1-18-15-9-10-16-14(12-19-17(16)11-15)8-7-13-5-3-2-4-6-13/h2-6,9-12H,7-8H2,1H3. The predicted octanol–water partition coefficient (Wildman–Crippen LogP) is 4.23. The summed E-state index contributed by atoms with van der Waals surface area (Å²) in [5.41, 5.74) is 3.49. The summed E-state index contributed by atoms with van der Waals surface area (Å²) in [4.78, 5) is 0. The van der Waals surface area contributed by atoms with Crippen molar-refractivity contribution in [1.29, 1.82) is 0 Å². The highest BCUT2D eigenvalue weighted by molar-refractivity contribution is 5.82. The van der Waals surface area contributed by atoms with E-state index in [2.05, 4.69) is 30.3 Å². The van der Waals surface area contributed by atoms with Crippen LogP contribution in [0.15, 0.2) is 59.2 Å². The van der Waals surface area contributed by atoms with Gasteiger partial charge in [-0.25, -0.2) is 0 Å². The van der Waals surface area contributed by atoms with Gasteiger partial charge in [0.05, 0.1) is 13.4 Å². The van der Waals surface area contributed by atoms with Crippen LogP contribution in [0.4, 0.5) is 0 Å². The molecule has 1 aromatic heterocycles. The molecule has 0 spiro atoms. The highest BCUT2D eigenvalue weighted by Crippen LogP contribution is 2.26. The molecule has 0 N–H and O–H groups in total. The first-order chi connectivity index (χ1) is 9.36. The molecule has 19 heavy (non-hydrogen) atoms. The Bertz CT molecular complexity index is 668. The molecule has 0 saturated heterocycles. The molecule has 0 aliphatic rings. The third-order valence-corrected chi connectivity index (χ3v) is 3.39. The van der Waals surface area contributed by atoms with Crippen molar-refractivity contribution in [3.63, 3.8) is 0 Å². The Balaban J connectivity index is 1.82. The fraction of sp³-hybridized carbons (Fsp3) is 0.176. The van der Waals surface area contributed by atoms with E-state index in [0.29, 0.717) is 0 Å². The summed E-state index contributed by atoms with van der Waals surface area (Å²) in [7, 11) is 1.67. The van der Waals surface area contributed by atoms with Crippen molar-refractivity contribution < 1.29 is 9.15 Å². The third-order valence-electron chi connectivity index (χ3n) is 3.39. The van der Waals surface area contributed by atoms with Crippen molar-refractivity contribution in [2.45, 2.75) is 12.8 Å². The average molecular weight is 252 g/mol. The van der Waals surface area contributed by atoms with Gasteiger partial charge in [0.15, 0.2) is 0 Å². The maximum absolute atomic E-state index is 5.60. The topological polar surface area (TPSA) is 22.4 Å². The van der Waals surface area contributed by atoms with Gasteiger partial charge in [-0.3, -0.25) is 0 Å². The molecule has 2 heteroatoms. The summed E-state index contributed by atoms with van der Waals surface area (Å²) < 4.78 is 10.8. The molecule has 0 bridgehead atoms. The summed E-state index contributed by atoms with van der Waals surface area (Å²) in [5.74, 6) is 0.830. The monoisotopic (exact) mass is 252 g/mol. The van der Waals surface area contributed by atoms with Gasteiger partial charge in [-0.2, -0.15) is 0 Å². The van der Waals surface area contributed by atoms with Crippen LogP contribution in [0.3, 0.4) is 0 Å². The predicted molar refractivity (Wildman–Crippen MR) is 76.6 cm³/mol. The number of fused-ring (bicyclic) bond motifs is 1. The van der Waals surface area contributed by atoms with Crippen molar-refractivity contribution >= 4 is 11.0 Å². The molecular weight excluding hydrogens is 236 g/mol. The molecular formula is C17H16O2. The van der Waals surface area contributed by atoms with Gasteiger partial charge >= 0.3 is 0 Å². The molecule has 0 aliphatic carbocycles. The number of rotatable bonds is 4. The van der Waals surface area contributed by atoms with Gasteiger partial charge in [-0.05, 0) is 36.1 Å². The van der Waals surface area contributed by atoms with Gasteiger partial charge in [0.2, 0.25) is 0 Å². The van der Waals surface area contributed by atoms with E-state index in [1.807, 2.05) is 24.5 Å². The quantitative estimate of drug-likeness (QED) is 0.693. The second-order valence-corrected chi connectivity index (χ2v) is 4.61. The van der Waals surface area contributed by atoms with Gasteiger partial charge in [0.1, 0.15) is 11.3 Å². The lowest BCUT2D eigenvalue weighted by atomic mass is 10.0. The Morgan fingerprint density at radius 3 is 2.63 bits per heavy atom. The van der Waals surface area contributed by atoms with Crippen LogP contribution in [0.5, 0.6) is 5.75 Å². The van der Waals surface area contributed by atoms with Crippen molar-refractivity contribution in [3.8, 4) is 5.75 Å². The number of benzene rings is 2. The van der Waals surface area contributed by atoms with E-state index in [4.69, 9.17) is 9.15 Å². The third kappa shape index (κ3) is 2.48. The van der Waals surface area contributed by atoms with Crippen LogP contribution in [-0.2, 0) is 12.8 Å². The zero-order chi connectivity index (χ0) is 13.1. The molecule has 0 amide bonds. The summed E-state index contributed by atoms with van der Waals surface area (Å²) in [6.45, 7) is 0. The molecule has 2 nitrogen and oxygen atoms in total. The fourth-order valence-corrected chi connectivity index (χ4v) is 2.31. The highest BCUT2D eigenvalue weighted by Gasteiger charge is 2.07. The van der Waals surface area contributed by atoms with Gasteiger partial charge in [-0.15, -0.1) is 0 Å². The van der Waals surface area contributed by atoms with Crippen LogP contribution in [0.2, 0.25) is 0 Å². The van der Waals surface area contributed by atoms with Crippen molar-refractivity contribution in [2.24, 2.45) is 0 Å². The minimum Gasteiger partial charge on any atom is -0.497 e. The maximum Gasteiger partial charge on any atom is 0.137 e. The van der Waals surface area contributed by atoms with Crippen molar-refractivity contribution in [3.05, 3.63) is 65.9 Å². The Morgan fingerprint density at radius 1 is 1.00 bits per heavy atom. The zero-order valence-electron chi connectivity index (χ0n) is 10.9. The second kappa shape index (κ2) is 5.19. The molecule has 0 aliphatic heterocycles. The molecule has 2 aromatic carbocycles. The fourth-order valence-electron chi connectivity index (χ4n) is 2.31. The van der Waals surface area contributed by atoms with Crippen LogP contribution < -0.4 is 4.74 Å². The van der Waals surface area contributed by atoms with E-state index in [-0.39, 0.29) is 0 Å². The summed E-state index contributed by atoms with van der Waals surface area (Å²) in [6, 6.07) is 16.5. The molecule has 0 radical (unpaired) electrons. The number of ether oxygens (including phenoxy) is 1. The lowest BCUT2D eigenvalue weighted by Crippen LogP contribution is -1.89. The molecule has 0 atom stereocenters. The zero-order valence-corrected chi connectivity index (χ0v) is 10.9. The molecule has 0 saturated carbocycles. The van der Waals surface area contributed by atoms with Crippen LogP contribution in [0, 0.1) is 0 Å². The first kappa shape index (κ1) is 11.8. The van der Waals surface area contributed by atoms with Crippen molar-refractivity contribution in [1.82, 2.24) is 0 Å². The minimum absolute atomic E-state index is 0.830. The Labute approximate surface area is 112 Å². The Kier molecular flexibility index (Phi) is 3.23. The van der Waals surface area contributed by atoms with Crippen LogP contribution >= 0.6 is 0 Å². The first-order valence-electron chi connectivity index (χ1n) is 6.45. The van der Waals surface area contributed by atoms with E-state index in [0.717, 1.165) is 24.2 Å². The van der Waals surface area contributed by atoms with Gasteiger partial charge in [-0.1, -0.05) is 30.3 Å². The second-order valence-electron chi connectivity index (χ2n) is 4.61. The number of hydrogen-bond donors (Lipinski definition) is 0. The number of furan rings is 1. The summed E-state index contributed by atoms with van der Waals surface area (Å²) >= 11 is 0. The molecule has 1 heterocycles. The van der Waals surface area contributed by atoms with E-state index in [1.165, 1.54) is 16.5 Å². The average Bonchev–Trinajstić information content (AvgIpc) is 2.88. The molecule has 0 unspecified atom stereocenters. The van der Waals surface area contributed by atoms with Crippen molar-refractivity contribution in [2.75, 3.05) is 7.11 Å². The van der Waals surface area contributed by atoms with E-state index < -0.39 is 0 Å². The minimum atomic E-state index is 0.830. The van der Waals surface area contributed by atoms with Crippen LogP contribution in [0.25, 0.3) is 11.0 Å². The van der Waals surface area contributed by atoms with Crippen LogP contribution in [-0.4, -0.2) is 7.11 Å². The Hall–Kier alpha value is -2.22. The lowest BCUT2D eigenvalue weighted by molar-refractivity contribution is 0.414. The molecule has 3 aromatic rings. The number of methoxy groups -OCH3 is 1. The molecule has 96 valence electrons. The number of aryl methyl sites for hydroxylation is 2. The van der Waals surface area contributed by atoms with E-state index >= 15 is 0 Å². The number of hydrogen-bond acceptors (Lipinski definition) is 2. The highest BCUT2D eigenvalue weighted by atomic mass is 16.5. The van der Waals surface area contributed by atoms with Gasteiger partial charge in [0, 0.05) is 11.5 Å². The largest absolute Gasteiger partial charge is 0.497 e. The summed E-state index contributed by atoms with van der Waals surface area (Å²) in [6.07, 6.45) is 3.87. The summed E-state index contributed by atoms with van der Waals surface area (Å²) in [5, 5.41) is 1.18. The Morgan fingerprint density at radius 2 is 1.84 bits per heavy atom. The maximum atomic E-state index is 5.60. The smallest absolute Gasteiger partial charge is 0.137 e. The van der Waals surface area contributed by atoms with E-state index in [1.54, 1.807) is 7.11 Å². The molecule has 3 rings (SSSR count).